The summed E-state index contributed by atoms with van der Waals surface area (Å²) >= 11 is 0. The van der Waals surface area contributed by atoms with Crippen LogP contribution in [0.4, 0.5) is 0 Å². The van der Waals surface area contributed by atoms with Crippen LogP contribution in [0.1, 0.15) is 232 Å². The molecule has 1 aliphatic heterocycles. The maximum absolute atomic E-state index is 12.8. The van der Waals surface area contributed by atoms with Crippen LogP contribution >= 0.6 is 0 Å². The fourth-order valence-electron chi connectivity index (χ4n) is 7.93. The predicted molar refractivity (Wildman–Crippen MR) is 256 cm³/mol. The second kappa shape index (κ2) is 44.6. The van der Waals surface area contributed by atoms with E-state index < -0.39 is 43.4 Å². The molecule has 62 heavy (non-hydrogen) atoms. The predicted octanol–water partition coefficient (Wildman–Crippen LogP) is 12.7. The monoisotopic (exact) mass is 879 g/mol. The van der Waals surface area contributed by atoms with Crippen LogP contribution in [0.25, 0.3) is 0 Å². The lowest BCUT2D eigenvalue weighted by Gasteiger charge is -2.39. The molecular weight excluding hydrogens is 781 g/mol. The normalized spacial score (nSPS) is 20.0. The van der Waals surface area contributed by atoms with Gasteiger partial charge >= 0.3 is 5.97 Å². The molecule has 0 radical (unpaired) electrons. The zero-order chi connectivity index (χ0) is 45.0. The summed E-state index contributed by atoms with van der Waals surface area (Å²) in [5.74, 6) is -0.316. The molecule has 364 valence electrons. The van der Waals surface area contributed by atoms with Crippen LogP contribution in [0.5, 0.6) is 0 Å². The number of allylic oxidation sites excluding steroid dienone is 6. The van der Waals surface area contributed by atoms with Crippen molar-refractivity contribution in [2.75, 3.05) is 26.4 Å². The molecule has 4 N–H and O–H groups in total. The average Bonchev–Trinajstić information content (AvgIpc) is 3.27. The third-order valence-corrected chi connectivity index (χ3v) is 12.0. The number of esters is 1. The van der Waals surface area contributed by atoms with Crippen molar-refractivity contribution in [3.8, 4) is 0 Å². The number of unbranched alkanes of at least 4 members (excludes halogenated alkanes) is 28. The van der Waals surface area contributed by atoms with Crippen LogP contribution in [-0.4, -0.2) is 89.6 Å². The SMILES string of the molecule is CCCCC/C=C\C/C=C\CCCCCCCCCCCC(=O)OC(COCCCCCCCCCCCC/C=C\CCCCCCCC)COC1OC(CO)C(O)C(O)C1O. The van der Waals surface area contributed by atoms with Crippen molar-refractivity contribution < 1.29 is 44.2 Å². The molecule has 0 bridgehead atoms. The Labute approximate surface area is 380 Å². The molecule has 0 saturated carbocycles. The lowest BCUT2D eigenvalue weighted by atomic mass is 9.99. The highest BCUT2D eigenvalue weighted by Gasteiger charge is 2.44. The van der Waals surface area contributed by atoms with E-state index in [1.165, 1.54) is 173 Å². The Balaban J connectivity index is 2.20. The summed E-state index contributed by atoms with van der Waals surface area (Å²) in [6, 6.07) is 0. The topological polar surface area (TPSA) is 135 Å². The lowest BCUT2D eigenvalue weighted by molar-refractivity contribution is -0.305. The summed E-state index contributed by atoms with van der Waals surface area (Å²) in [4.78, 5) is 12.8. The molecule has 1 fully saturated rings. The van der Waals surface area contributed by atoms with Crippen LogP contribution in [0, 0.1) is 0 Å². The third kappa shape index (κ3) is 34.8. The van der Waals surface area contributed by atoms with E-state index in [9.17, 15) is 25.2 Å². The van der Waals surface area contributed by atoms with E-state index in [4.69, 9.17) is 18.9 Å². The molecule has 6 unspecified atom stereocenters. The number of rotatable bonds is 45. The molecule has 1 heterocycles. The quantitative estimate of drug-likeness (QED) is 0.0268. The summed E-state index contributed by atoms with van der Waals surface area (Å²) in [6.45, 7) is 4.55. The van der Waals surface area contributed by atoms with Crippen molar-refractivity contribution in [2.24, 2.45) is 0 Å². The highest BCUT2D eigenvalue weighted by molar-refractivity contribution is 5.69. The molecule has 9 heteroatoms. The Hall–Kier alpha value is -1.59. The summed E-state index contributed by atoms with van der Waals surface area (Å²) in [6.07, 6.45) is 47.4. The first-order valence-electron chi connectivity index (χ1n) is 26.1. The average molecular weight is 879 g/mol. The molecule has 0 aliphatic carbocycles. The molecule has 0 aromatic carbocycles. The molecule has 6 atom stereocenters. The molecule has 0 amide bonds. The highest BCUT2D eigenvalue weighted by atomic mass is 16.7. The van der Waals surface area contributed by atoms with Gasteiger partial charge in [0.05, 0.1) is 19.8 Å². The van der Waals surface area contributed by atoms with Gasteiger partial charge in [0.1, 0.15) is 30.5 Å². The van der Waals surface area contributed by atoms with Gasteiger partial charge in [0, 0.05) is 13.0 Å². The van der Waals surface area contributed by atoms with Gasteiger partial charge in [0.15, 0.2) is 6.29 Å². The molecule has 1 saturated heterocycles. The zero-order valence-electron chi connectivity index (χ0n) is 40.1. The van der Waals surface area contributed by atoms with Crippen LogP contribution in [0.15, 0.2) is 36.5 Å². The maximum Gasteiger partial charge on any atom is 0.306 e. The number of hydrogen-bond donors (Lipinski definition) is 4. The van der Waals surface area contributed by atoms with Gasteiger partial charge in [-0.05, 0) is 70.6 Å². The Kier molecular flexibility index (Phi) is 42.0. The minimum absolute atomic E-state index is 0.114. The van der Waals surface area contributed by atoms with Crippen molar-refractivity contribution in [1.82, 2.24) is 0 Å². The Bertz CT molecular complexity index is 1050. The van der Waals surface area contributed by atoms with Crippen LogP contribution in [-0.2, 0) is 23.7 Å². The number of hydrogen-bond acceptors (Lipinski definition) is 9. The second-order valence-electron chi connectivity index (χ2n) is 18.0. The van der Waals surface area contributed by atoms with E-state index in [0.717, 1.165) is 38.5 Å². The number of carbonyl (C=O) groups excluding carboxylic acids is 1. The molecule has 0 spiro atoms. The van der Waals surface area contributed by atoms with Gasteiger partial charge in [-0.25, -0.2) is 0 Å². The minimum atomic E-state index is -1.54. The van der Waals surface area contributed by atoms with E-state index in [0.29, 0.717) is 13.0 Å². The van der Waals surface area contributed by atoms with Crippen LogP contribution in [0.2, 0.25) is 0 Å². The molecular formula is C53H98O9. The highest BCUT2D eigenvalue weighted by Crippen LogP contribution is 2.23. The smallest absolute Gasteiger partial charge is 0.306 e. The van der Waals surface area contributed by atoms with E-state index in [1.54, 1.807) is 0 Å². The standard InChI is InChI=1S/C53H98O9/c1-3-5-7-9-11-13-15-17-19-21-23-25-27-29-31-33-35-37-39-41-43-59-45-47(46-60-53-52(58)51(57)50(56)48(44-54)62-53)61-49(55)42-40-38-36-34-32-30-28-26-24-22-20-18-16-14-12-10-8-6-4-2/h12,14,17-20,47-48,50-54,56-58H,3-11,13,15-16,21-46H2,1-2H3/b14-12-,19-17-,20-18-. The van der Waals surface area contributed by atoms with Gasteiger partial charge in [-0.3, -0.25) is 4.79 Å². The minimum Gasteiger partial charge on any atom is -0.457 e. The van der Waals surface area contributed by atoms with Gasteiger partial charge in [0.25, 0.3) is 0 Å². The summed E-state index contributed by atoms with van der Waals surface area (Å²) in [7, 11) is 0. The van der Waals surface area contributed by atoms with Crippen molar-refractivity contribution in [1.29, 1.82) is 0 Å². The van der Waals surface area contributed by atoms with Gasteiger partial charge in [0.2, 0.25) is 0 Å². The Morgan fingerprint density at radius 3 is 1.44 bits per heavy atom. The summed E-state index contributed by atoms with van der Waals surface area (Å²) < 4.78 is 22.9. The van der Waals surface area contributed by atoms with Crippen molar-refractivity contribution in [2.45, 2.75) is 269 Å². The molecule has 1 rings (SSSR count). The van der Waals surface area contributed by atoms with Gasteiger partial charge < -0.3 is 39.4 Å². The van der Waals surface area contributed by atoms with Crippen molar-refractivity contribution in [3.63, 3.8) is 0 Å². The first kappa shape index (κ1) is 58.4. The fourth-order valence-corrected chi connectivity index (χ4v) is 7.93. The summed E-state index contributed by atoms with van der Waals surface area (Å²) in [5, 5.41) is 40.2. The Morgan fingerprint density at radius 2 is 0.935 bits per heavy atom. The summed E-state index contributed by atoms with van der Waals surface area (Å²) in [5.41, 5.74) is 0. The van der Waals surface area contributed by atoms with Crippen molar-refractivity contribution in [3.05, 3.63) is 36.5 Å². The van der Waals surface area contributed by atoms with Crippen LogP contribution in [0.3, 0.4) is 0 Å². The van der Waals surface area contributed by atoms with E-state index >= 15 is 0 Å². The number of aliphatic hydroxyl groups excluding tert-OH is 4. The lowest BCUT2D eigenvalue weighted by Crippen LogP contribution is -2.59. The fraction of sp³-hybridized carbons (Fsp3) is 0.868. The van der Waals surface area contributed by atoms with E-state index in [-0.39, 0.29) is 19.2 Å². The largest absolute Gasteiger partial charge is 0.457 e. The molecule has 1 aliphatic rings. The van der Waals surface area contributed by atoms with Gasteiger partial charge in [-0.15, -0.1) is 0 Å². The van der Waals surface area contributed by atoms with Crippen molar-refractivity contribution >= 4 is 5.97 Å². The molecule has 0 aromatic rings. The van der Waals surface area contributed by atoms with E-state index in [2.05, 4.69) is 50.3 Å². The van der Waals surface area contributed by atoms with Gasteiger partial charge in [-0.1, -0.05) is 192 Å². The van der Waals surface area contributed by atoms with Crippen LogP contribution < -0.4 is 0 Å². The molecule has 0 aromatic heterocycles. The van der Waals surface area contributed by atoms with E-state index in [1.807, 2.05) is 0 Å². The number of aliphatic hydroxyl groups is 4. The molecule has 9 nitrogen and oxygen atoms in total. The third-order valence-electron chi connectivity index (χ3n) is 12.0. The Morgan fingerprint density at radius 1 is 0.516 bits per heavy atom. The zero-order valence-corrected chi connectivity index (χ0v) is 40.1. The second-order valence-corrected chi connectivity index (χ2v) is 18.0. The first-order valence-corrected chi connectivity index (χ1v) is 26.1. The number of carbonyl (C=O) groups is 1. The first-order chi connectivity index (χ1) is 30.4. The number of ether oxygens (including phenoxy) is 4. The maximum atomic E-state index is 12.8. The van der Waals surface area contributed by atoms with Gasteiger partial charge in [-0.2, -0.15) is 0 Å².